The summed E-state index contributed by atoms with van der Waals surface area (Å²) in [5.74, 6) is 0.642. The van der Waals surface area contributed by atoms with Crippen LogP contribution in [0.15, 0.2) is 53.4 Å². The van der Waals surface area contributed by atoms with E-state index in [1.54, 1.807) is 23.9 Å². The molecular formula is C14H13FS. The quantitative estimate of drug-likeness (QED) is 0.706. The van der Waals surface area contributed by atoms with Crippen LogP contribution < -0.4 is 0 Å². The summed E-state index contributed by atoms with van der Waals surface area (Å²) < 4.78 is 12.9. The van der Waals surface area contributed by atoms with Gasteiger partial charge in [0.25, 0.3) is 0 Å². The molecule has 16 heavy (non-hydrogen) atoms. The molecule has 2 aromatic carbocycles. The van der Waals surface area contributed by atoms with E-state index >= 15 is 0 Å². The second kappa shape index (κ2) is 5.17. The van der Waals surface area contributed by atoms with Gasteiger partial charge in [0, 0.05) is 10.6 Å². The molecule has 0 aromatic heterocycles. The lowest BCUT2D eigenvalue weighted by Gasteiger charge is -2.02. The number of aryl methyl sites for hydroxylation is 1. The van der Waals surface area contributed by atoms with E-state index in [9.17, 15) is 4.39 Å². The molecule has 0 amide bonds. The van der Waals surface area contributed by atoms with Crippen molar-refractivity contribution < 1.29 is 4.39 Å². The third-order valence-corrected chi connectivity index (χ3v) is 3.40. The Morgan fingerprint density at radius 1 is 1.06 bits per heavy atom. The van der Waals surface area contributed by atoms with Crippen molar-refractivity contribution in [2.24, 2.45) is 0 Å². The molecule has 0 atom stereocenters. The molecule has 0 radical (unpaired) electrons. The van der Waals surface area contributed by atoms with Crippen LogP contribution in [0.3, 0.4) is 0 Å². The SMILES string of the molecule is Cc1ccc(SCc2cccc(F)c2)cc1. The molecule has 2 rings (SSSR count). The van der Waals surface area contributed by atoms with Gasteiger partial charge in [0.05, 0.1) is 0 Å². The summed E-state index contributed by atoms with van der Waals surface area (Å²) in [7, 11) is 0. The first kappa shape index (κ1) is 11.2. The highest BCUT2D eigenvalue weighted by molar-refractivity contribution is 7.98. The summed E-state index contributed by atoms with van der Waals surface area (Å²) in [6.07, 6.45) is 0. The van der Waals surface area contributed by atoms with Crippen LogP contribution in [-0.4, -0.2) is 0 Å². The van der Waals surface area contributed by atoms with E-state index in [1.807, 2.05) is 6.07 Å². The van der Waals surface area contributed by atoms with Crippen molar-refractivity contribution in [1.82, 2.24) is 0 Å². The standard InChI is InChI=1S/C14H13FS/c1-11-5-7-14(8-6-11)16-10-12-3-2-4-13(15)9-12/h2-9H,10H2,1H3. The van der Waals surface area contributed by atoms with E-state index in [0.717, 1.165) is 11.3 Å². The van der Waals surface area contributed by atoms with Gasteiger partial charge in [0.2, 0.25) is 0 Å². The molecule has 0 unspecified atom stereocenters. The van der Waals surface area contributed by atoms with Crippen molar-refractivity contribution in [3.63, 3.8) is 0 Å². The molecule has 82 valence electrons. The molecule has 0 saturated carbocycles. The average Bonchev–Trinajstić information content (AvgIpc) is 2.28. The van der Waals surface area contributed by atoms with Gasteiger partial charge < -0.3 is 0 Å². The lowest BCUT2D eigenvalue weighted by molar-refractivity contribution is 0.626. The maximum atomic E-state index is 12.9. The molecular weight excluding hydrogens is 219 g/mol. The molecule has 0 spiro atoms. The number of halogens is 1. The summed E-state index contributed by atoms with van der Waals surface area (Å²) >= 11 is 1.72. The summed E-state index contributed by atoms with van der Waals surface area (Å²) in [5, 5.41) is 0. The summed E-state index contributed by atoms with van der Waals surface area (Å²) in [4.78, 5) is 1.22. The van der Waals surface area contributed by atoms with Crippen molar-refractivity contribution >= 4 is 11.8 Å². The third-order valence-electron chi connectivity index (χ3n) is 2.32. The molecule has 0 N–H and O–H groups in total. The molecule has 0 aliphatic carbocycles. The fourth-order valence-electron chi connectivity index (χ4n) is 1.43. The Hall–Kier alpha value is -1.28. The topological polar surface area (TPSA) is 0 Å². The van der Waals surface area contributed by atoms with Crippen LogP contribution in [0, 0.1) is 12.7 Å². The molecule has 0 aliphatic rings. The highest BCUT2D eigenvalue weighted by Gasteiger charge is 1.97. The second-order valence-corrected chi connectivity index (χ2v) is 4.78. The lowest BCUT2D eigenvalue weighted by Crippen LogP contribution is -1.82. The second-order valence-electron chi connectivity index (χ2n) is 3.73. The largest absolute Gasteiger partial charge is 0.207 e. The van der Waals surface area contributed by atoms with Gasteiger partial charge in [-0.1, -0.05) is 29.8 Å². The maximum Gasteiger partial charge on any atom is 0.123 e. The van der Waals surface area contributed by atoms with Crippen LogP contribution in [0.4, 0.5) is 4.39 Å². The van der Waals surface area contributed by atoms with Crippen molar-refractivity contribution in [1.29, 1.82) is 0 Å². The Bertz CT molecular complexity index is 462. The van der Waals surface area contributed by atoms with Gasteiger partial charge in [-0.25, -0.2) is 4.39 Å². The molecule has 0 fully saturated rings. The fraction of sp³-hybridized carbons (Fsp3) is 0.143. The fourth-order valence-corrected chi connectivity index (χ4v) is 2.27. The first-order valence-electron chi connectivity index (χ1n) is 5.18. The monoisotopic (exact) mass is 232 g/mol. The summed E-state index contributed by atoms with van der Waals surface area (Å²) in [6.45, 7) is 2.07. The molecule has 0 bridgehead atoms. The number of hydrogen-bond donors (Lipinski definition) is 0. The lowest BCUT2D eigenvalue weighted by atomic mass is 10.2. The van der Waals surface area contributed by atoms with Crippen molar-refractivity contribution in [3.05, 3.63) is 65.5 Å². The van der Waals surface area contributed by atoms with Crippen LogP contribution in [0.25, 0.3) is 0 Å². The number of hydrogen-bond acceptors (Lipinski definition) is 1. The summed E-state index contributed by atoms with van der Waals surface area (Å²) in [6, 6.07) is 15.1. The van der Waals surface area contributed by atoms with E-state index in [-0.39, 0.29) is 5.82 Å². The van der Waals surface area contributed by atoms with E-state index in [1.165, 1.54) is 16.5 Å². The molecule has 0 nitrogen and oxygen atoms in total. The van der Waals surface area contributed by atoms with Crippen LogP contribution in [0.5, 0.6) is 0 Å². The van der Waals surface area contributed by atoms with Gasteiger partial charge in [-0.3, -0.25) is 0 Å². The zero-order valence-corrected chi connectivity index (χ0v) is 9.93. The van der Waals surface area contributed by atoms with Gasteiger partial charge >= 0.3 is 0 Å². The van der Waals surface area contributed by atoms with E-state index in [4.69, 9.17) is 0 Å². The first-order valence-corrected chi connectivity index (χ1v) is 6.16. The number of rotatable bonds is 3. The van der Waals surface area contributed by atoms with Gasteiger partial charge in [-0.05, 0) is 36.8 Å². The normalized spacial score (nSPS) is 10.4. The zero-order chi connectivity index (χ0) is 11.4. The molecule has 0 heterocycles. The van der Waals surface area contributed by atoms with Crippen molar-refractivity contribution in [3.8, 4) is 0 Å². The predicted octanol–water partition coefficient (Wildman–Crippen LogP) is 4.43. The molecule has 0 aliphatic heterocycles. The minimum atomic E-state index is -0.165. The van der Waals surface area contributed by atoms with E-state index < -0.39 is 0 Å². The summed E-state index contributed by atoms with van der Waals surface area (Å²) in [5.41, 5.74) is 2.28. The molecule has 0 saturated heterocycles. The van der Waals surface area contributed by atoms with Crippen molar-refractivity contribution in [2.45, 2.75) is 17.6 Å². The van der Waals surface area contributed by atoms with Crippen molar-refractivity contribution in [2.75, 3.05) is 0 Å². The number of benzene rings is 2. The zero-order valence-electron chi connectivity index (χ0n) is 9.11. The highest BCUT2D eigenvalue weighted by atomic mass is 32.2. The molecule has 2 aromatic rings. The van der Waals surface area contributed by atoms with Gasteiger partial charge in [-0.15, -0.1) is 11.8 Å². The predicted molar refractivity (Wildman–Crippen MR) is 67.1 cm³/mol. The Balaban J connectivity index is 1.99. The van der Waals surface area contributed by atoms with Crippen LogP contribution in [0.2, 0.25) is 0 Å². The van der Waals surface area contributed by atoms with Gasteiger partial charge in [-0.2, -0.15) is 0 Å². The minimum absolute atomic E-state index is 0.165. The number of thioether (sulfide) groups is 1. The van der Waals surface area contributed by atoms with Gasteiger partial charge in [0.15, 0.2) is 0 Å². The van der Waals surface area contributed by atoms with Gasteiger partial charge in [0.1, 0.15) is 5.82 Å². The third kappa shape index (κ3) is 3.11. The van der Waals surface area contributed by atoms with E-state index in [0.29, 0.717) is 0 Å². The first-order chi connectivity index (χ1) is 7.74. The minimum Gasteiger partial charge on any atom is -0.207 e. The Morgan fingerprint density at radius 2 is 1.81 bits per heavy atom. The highest BCUT2D eigenvalue weighted by Crippen LogP contribution is 2.23. The Labute approximate surface area is 99.5 Å². The average molecular weight is 232 g/mol. The molecule has 2 heteroatoms. The maximum absolute atomic E-state index is 12.9. The van der Waals surface area contributed by atoms with E-state index in [2.05, 4.69) is 31.2 Å². The van der Waals surface area contributed by atoms with Crippen LogP contribution in [0.1, 0.15) is 11.1 Å². The van der Waals surface area contributed by atoms with Crippen LogP contribution >= 0.6 is 11.8 Å². The Morgan fingerprint density at radius 3 is 2.50 bits per heavy atom. The van der Waals surface area contributed by atoms with Crippen LogP contribution in [-0.2, 0) is 5.75 Å². The smallest absolute Gasteiger partial charge is 0.123 e. The Kier molecular flexibility index (Phi) is 3.62.